The molecule has 76 valence electrons. The van der Waals surface area contributed by atoms with Gasteiger partial charge in [-0.25, -0.2) is 0 Å². The molecule has 0 heterocycles. The smallest absolute Gasteiger partial charge is 0.261 e. The van der Waals surface area contributed by atoms with Crippen LogP contribution in [-0.4, -0.2) is 14.9 Å². The van der Waals surface area contributed by atoms with E-state index in [0.717, 1.165) is 0 Å². The zero-order chi connectivity index (χ0) is 10.3. The molecule has 0 rings (SSSR count). The molecule has 3 heteroatoms. The maximum absolute atomic E-state index is 5.68. The molecule has 0 aliphatic heterocycles. The average molecular weight is 200 g/mol. The Labute approximate surface area is 82.4 Å². The lowest BCUT2D eigenvalue weighted by Gasteiger charge is -2.20. The predicted octanol–water partition coefficient (Wildman–Crippen LogP) is 3.29. The van der Waals surface area contributed by atoms with Crippen molar-refractivity contribution >= 4 is 8.32 Å². The Hall–Kier alpha value is -0.703. The molecule has 0 bridgehead atoms. The Morgan fingerprint density at radius 3 is 2.23 bits per heavy atom. The van der Waals surface area contributed by atoms with Crippen LogP contribution in [-0.2, 0) is 9.16 Å². The van der Waals surface area contributed by atoms with E-state index in [9.17, 15) is 0 Å². The monoisotopic (exact) mass is 200 g/mol. The van der Waals surface area contributed by atoms with Gasteiger partial charge in [0.15, 0.2) is 0 Å². The molecule has 0 unspecified atom stereocenters. The highest BCUT2D eigenvalue weighted by Crippen LogP contribution is 2.11. The van der Waals surface area contributed by atoms with Gasteiger partial charge in [0.2, 0.25) is 8.32 Å². The second-order valence-electron chi connectivity index (χ2n) is 3.70. The van der Waals surface area contributed by atoms with Crippen molar-refractivity contribution in [1.82, 2.24) is 0 Å². The number of allylic oxidation sites excluding steroid dienone is 2. The van der Waals surface area contributed by atoms with E-state index in [0.29, 0.717) is 12.6 Å². The number of ether oxygens (including phenoxy) is 1. The molecule has 13 heavy (non-hydrogen) atoms. The fraction of sp³-hybridized carbons (Fsp3) is 0.600. The second kappa shape index (κ2) is 5.86. The highest BCUT2D eigenvalue weighted by Gasteiger charge is 2.17. The van der Waals surface area contributed by atoms with Gasteiger partial charge in [0.05, 0.1) is 0 Å². The first kappa shape index (κ1) is 12.3. The topological polar surface area (TPSA) is 18.5 Å². The summed E-state index contributed by atoms with van der Waals surface area (Å²) in [4.78, 5) is 0. The molecule has 0 aromatic heterocycles. The van der Waals surface area contributed by atoms with Gasteiger partial charge in [-0.2, -0.15) is 0 Å². The Bertz CT molecular complexity index is 190. The van der Waals surface area contributed by atoms with E-state index in [-0.39, 0.29) is 0 Å². The summed E-state index contributed by atoms with van der Waals surface area (Å²) in [5.41, 5.74) is 0. The summed E-state index contributed by atoms with van der Waals surface area (Å²) < 4.78 is 11.1. The maximum atomic E-state index is 5.68. The standard InChI is InChI=1S/C10H20O2Si/c1-6-8-9-11-10(7-2)12-13(3,4)5/h6-8H,9H2,1-5H3/b8-6+,10-7+. The van der Waals surface area contributed by atoms with E-state index < -0.39 is 8.32 Å². The SMILES string of the molecule is C/C=C/CO/C(=C\C)O[Si](C)(C)C. The van der Waals surface area contributed by atoms with Crippen molar-refractivity contribution in [2.24, 2.45) is 0 Å². The van der Waals surface area contributed by atoms with Crippen LogP contribution in [0.3, 0.4) is 0 Å². The first-order valence-corrected chi connectivity index (χ1v) is 7.99. The number of hydrogen-bond acceptors (Lipinski definition) is 2. The third kappa shape index (κ3) is 7.65. The van der Waals surface area contributed by atoms with Crippen molar-refractivity contribution in [3.8, 4) is 0 Å². The van der Waals surface area contributed by atoms with Gasteiger partial charge in [0, 0.05) is 0 Å². The van der Waals surface area contributed by atoms with Crippen LogP contribution in [0.15, 0.2) is 24.2 Å². The molecular weight excluding hydrogens is 180 g/mol. The summed E-state index contributed by atoms with van der Waals surface area (Å²) in [5.74, 6) is 0.650. The van der Waals surface area contributed by atoms with Crippen molar-refractivity contribution in [1.29, 1.82) is 0 Å². The largest absolute Gasteiger partial charge is 0.520 e. The molecule has 0 atom stereocenters. The first-order valence-electron chi connectivity index (χ1n) is 4.59. The quantitative estimate of drug-likeness (QED) is 0.385. The van der Waals surface area contributed by atoms with Gasteiger partial charge in [-0.15, -0.1) is 0 Å². The van der Waals surface area contributed by atoms with Crippen LogP contribution < -0.4 is 0 Å². The summed E-state index contributed by atoms with van der Waals surface area (Å²) in [5, 5.41) is 0. The molecule has 0 spiro atoms. The van der Waals surface area contributed by atoms with E-state index in [1.165, 1.54) is 0 Å². The molecular formula is C10H20O2Si. The lowest BCUT2D eigenvalue weighted by Crippen LogP contribution is -2.25. The van der Waals surface area contributed by atoms with Gasteiger partial charge in [0.1, 0.15) is 6.61 Å². The Kier molecular flexibility index (Phi) is 5.54. The molecule has 0 fully saturated rings. The van der Waals surface area contributed by atoms with Crippen LogP contribution in [0, 0.1) is 0 Å². The van der Waals surface area contributed by atoms with Crippen molar-refractivity contribution in [2.45, 2.75) is 33.5 Å². The van der Waals surface area contributed by atoms with E-state index in [4.69, 9.17) is 9.16 Å². The van der Waals surface area contributed by atoms with Gasteiger partial charge in [-0.1, -0.05) is 12.2 Å². The summed E-state index contributed by atoms with van der Waals surface area (Å²) in [6, 6.07) is 0. The molecule has 0 aromatic rings. The average Bonchev–Trinajstić information content (AvgIpc) is 2.01. The number of rotatable bonds is 5. The van der Waals surface area contributed by atoms with Gasteiger partial charge < -0.3 is 9.16 Å². The lowest BCUT2D eigenvalue weighted by atomic mass is 10.5. The van der Waals surface area contributed by atoms with Crippen molar-refractivity contribution in [2.75, 3.05) is 6.61 Å². The van der Waals surface area contributed by atoms with Crippen molar-refractivity contribution < 1.29 is 9.16 Å². The van der Waals surface area contributed by atoms with Crippen LogP contribution >= 0.6 is 0 Å². The van der Waals surface area contributed by atoms with E-state index in [1.54, 1.807) is 0 Å². The van der Waals surface area contributed by atoms with Crippen LogP contribution in [0.4, 0.5) is 0 Å². The minimum atomic E-state index is -1.52. The zero-order valence-electron chi connectivity index (χ0n) is 9.26. The van der Waals surface area contributed by atoms with Crippen molar-refractivity contribution in [3.63, 3.8) is 0 Å². The summed E-state index contributed by atoms with van der Waals surface area (Å²) in [7, 11) is -1.52. The van der Waals surface area contributed by atoms with Gasteiger partial charge in [-0.3, -0.25) is 0 Å². The minimum absolute atomic E-state index is 0.584. The third-order valence-corrected chi connectivity index (χ3v) is 2.01. The molecule has 0 saturated heterocycles. The molecule has 0 radical (unpaired) electrons. The molecule has 0 N–H and O–H groups in total. The Balaban J connectivity index is 3.92. The van der Waals surface area contributed by atoms with E-state index in [2.05, 4.69) is 19.6 Å². The fourth-order valence-electron chi connectivity index (χ4n) is 0.700. The van der Waals surface area contributed by atoms with Gasteiger partial charge in [-0.05, 0) is 39.6 Å². The van der Waals surface area contributed by atoms with Crippen LogP contribution in [0.2, 0.25) is 19.6 Å². The third-order valence-electron chi connectivity index (χ3n) is 1.20. The summed E-state index contributed by atoms with van der Waals surface area (Å²) >= 11 is 0. The number of hydrogen-bond donors (Lipinski definition) is 0. The lowest BCUT2D eigenvalue weighted by molar-refractivity contribution is 0.122. The minimum Gasteiger partial charge on any atom is -0.520 e. The summed E-state index contributed by atoms with van der Waals surface area (Å²) in [6.45, 7) is 10.9. The van der Waals surface area contributed by atoms with Crippen molar-refractivity contribution in [3.05, 3.63) is 24.2 Å². The van der Waals surface area contributed by atoms with E-state index in [1.807, 2.05) is 32.1 Å². The summed E-state index contributed by atoms with van der Waals surface area (Å²) in [6.07, 6.45) is 5.78. The van der Waals surface area contributed by atoms with E-state index >= 15 is 0 Å². The Morgan fingerprint density at radius 1 is 1.23 bits per heavy atom. The Morgan fingerprint density at radius 2 is 1.85 bits per heavy atom. The molecule has 0 amide bonds. The maximum Gasteiger partial charge on any atom is 0.261 e. The first-order chi connectivity index (χ1) is 5.99. The van der Waals surface area contributed by atoms with Crippen LogP contribution in [0.1, 0.15) is 13.8 Å². The molecule has 0 saturated carbocycles. The normalized spacial score (nSPS) is 13.5. The van der Waals surface area contributed by atoms with Gasteiger partial charge in [0.25, 0.3) is 5.95 Å². The molecule has 2 nitrogen and oxygen atoms in total. The van der Waals surface area contributed by atoms with Crippen LogP contribution in [0.5, 0.6) is 0 Å². The van der Waals surface area contributed by atoms with Crippen LogP contribution in [0.25, 0.3) is 0 Å². The highest BCUT2D eigenvalue weighted by atomic mass is 28.4. The predicted molar refractivity (Wildman–Crippen MR) is 59.0 cm³/mol. The molecule has 0 aromatic carbocycles. The fourth-order valence-corrected chi connectivity index (χ4v) is 1.48. The highest BCUT2D eigenvalue weighted by molar-refractivity contribution is 6.69. The van der Waals surface area contributed by atoms with Gasteiger partial charge >= 0.3 is 0 Å². The second-order valence-corrected chi connectivity index (χ2v) is 8.13. The molecule has 0 aliphatic carbocycles. The molecule has 0 aliphatic rings. The zero-order valence-corrected chi connectivity index (χ0v) is 10.3.